The zero-order valence-corrected chi connectivity index (χ0v) is 11.3. The Bertz CT molecular complexity index is 303. The summed E-state index contributed by atoms with van der Waals surface area (Å²) in [6.45, 7) is 6.58. The van der Waals surface area contributed by atoms with Crippen molar-refractivity contribution < 1.29 is 19.1 Å². The van der Waals surface area contributed by atoms with Gasteiger partial charge in [-0.15, -0.1) is 0 Å². The molecule has 4 nitrogen and oxygen atoms in total. The second-order valence-electron chi connectivity index (χ2n) is 4.19. The van der Waals surface area contributed by atoms with Crippen LogP contribution in [0.2, 0.25) is 0 Å². The monoisotopic (exact) mass is 254 g/mol. The maximum Gasteiger partial charge on any atom is 0.331 e. The molecule has 0 aromatic carbocycles. The number of allylic oxidation sites excluding steroid dienone is 1. The number of hydrogen-bond acceptors (Lipinski definition) is 4. The third kappa shape index (κ3) is 10.9. The van der Waals surface area contributed by atoms with Gasteiger partial charge in [0.2, 0.25) is 0 Å². The van der Waals surface area contributed by atoms with Gasteiger partial charge in [0.1, 0.15) is 0 Å². The molecule has 0 atom stereocenters. The molecule has 0 unspecified atom stereocenters. The van der Waals surface area contributed by atoms with Crippen molar-refractivity contribution in [3.05, 3.63) is 24.3 Å². The van der Waals surface area contributed by atoms with Crippen LogP contribution in [-0.2, 0) is 19.1 Å². The van der Waals surface area contributed by atoms with E-state index < -0.39 is 11.9 Å². The summed E-state index contributed by atoms with van der Waals surface area (Å²) in [7, 11) is 0. The molecule has 0 amide bonds. The van der Waals surface area contributed by atoms with Crippen molar-refractivity contribution in [2.24, 2.45) is 5.92 Å². The first-order valence-corrected chi connectivity index (χ1v) is 6.22. The predicted octanol–water partition coefficient (Wildman–Crippen LogP) is 2.64. The fraction of sp³-hybridized carbons (Fsp3) is 0.571. The van der Waals surface area contributed by atoms with E-state index in [9.17, 15) is 9.59 Å². The molecule has 102 valence electrons. The minimum absolute atomic E-state index is 0.277. The highest BCUT2D eigenvalue weighted by Gasteiger charge is 2.01. The van der Waals surface area contributed by atoms with Gasteiger partial charge >= 0.3 is 11.9 Å². The molecule has 0 aliphatic carbocycles. The highest BCUT2D eigenvalue weighted by atomic mass is 16.5. The van der Waals surface area contributed by atoms with Crippen LogP contribution in [0.15, 0.2) is 24.3 Å². The third-order valence-electron chi connectivity index (χ3n) is 1.85. The largest absolute Gasteiger partial charge is 0.462 e. The van der Waals surface area contributed by atoms with Gasteiger partial charge in [-0.25, -0.2) is 9.59 Å². The van der Waals surface area contributed by atoms with Gasteiger partial charge in [0.15, 0.2) is 0 Å². The van der Waals surface area contributed by atoms with Gasteiger partial charge < -0.3 is 9.47 Å². The average Bonchev–Trinajstić information content (AvgIpc) is 2.33. The number of ether oxygens (including phenoxy) is 2. The lowest BCUT2D eigenvalue weighted by molar-refractivity contribution is -0.141. The standard InChI is InChI=1S/C14H22O4/c1-4-5-6-7-10-17-13(15)8-9-14(16)18-11-12(2)3/h5-6,8-9,12H,4,7,10-11H2,1-3H3/b6-5+,9-8+. The van der Waals surface area contributed by atoms with Crippen LogP contribution in [0.5, 0.6) is 0 Å². The lowest BCUT2D eigenvalue weighted by atomic mass is 10.2. The Morgan fingerprint density at radius 3 is 2.22 bits per heavy atom. The SMILES string of the molecule is CC/C=C/CCOC(=O)/C=C/C(=O)OCC(C)C. The van der Waals surface area contributed by atoms with Crippen LogP contribution >= 0.6 is 0 Å². The van der Waals surface area contributed by atoms with Gasteiger partial charge in [0.25, 0.3) is 0 Å². The van der Waals surface area contributed by atoms with Crippen LogP contribution in [0.1, 0.15) is 33.6 Å². The molecule has 0 radical (unpaired) electrons. The molecule has 0 bridgehead atoms. The fourth-order valence-corrected chi connectivity index (χ4v) is 0.993. The van der Waals surface area contributed by atoms with Crippen molar-refractivity contribution in [1.29, 1.82) is 0 Å². The number of hydrogen-bond donors (Lipinski definition) is 0. The van der Waals surface area contributed by atoms with Crippen LogP contribution in [0.3, 0.4) is 0 Å². The molecule has 18 heavy (non-hydrogen) atoms. The van der Waals surface area contributed by atoms with Crippen molar-refractivity contribution in [3.8, 4) is 0 Å². The molecule has 0 aromatic heterocycles. The van der Waals surface area contributed by atoms with E-state index in [2.05, 4.69) is 0 Å². The summed E-state index contributed by atoms with van der Waals surface area (Å²) < 4.78 is 9.75. The predicted molar refractivity (Wildman–Crippen MR) is 69.9 cm³/mol. The van der Waals surface area contributed by atoms with Gasteiger partial charge in [-0.2, -0.15) is 0 Å². The molecule has 0 fully saturated rings. The van der Waals surface area contributed by atoms with E-state index in [1.165, 1.54) is 0 Å². The first kappa shape index (κ1) is 16.4. The van der Waals surface area contributed by atoms with E-state index in [0.717, 1.165) is 18.6 Å². The maximum absolute atomic E-state index is 11.2. The Morgan fingerprint density at radius 2 is 1.67 bits per heavy atom. The molecule has 0 aliphatic heterocycles. The van der Waals surface area contributed by atoms with E-state index in [-0.39, 0.29) is 5.92 Å². The Balaban J connectivity index is 3.72. The minimum Gasteiger partial charge on any atom is -0.462 e. The molecule has 0 aromatic rings. The second-order valence-corrected chi connectivity index (χ2v) is 4.19. The molecule has 0 saturated carbocycles. The number of esters is 2. The van der Waals surface area contributed by atoms with E-state index >= 15 is 0 Å². The van der Waals surface area contributed by atoms with E-state index in [1.54, 1.807) is 0 Å². The summed E-state index contributed by atoms with van der Waals surface area (Å²) in [4.78, 5) is 22.3. The summed E-state index contributed by atoms with van der Waals surface area (Å²) in [5.74, 6) is -0.771. The summed E-state index contributed by atoms with van der Waals surface area (Å²) >= 11 is 0. The zero-order chi connectivity index (χ0) is 13.8. The van der Waals surface area contributed by atoms with Crippen molar-refractivity contribution >= 4 is 11.9 Å². The van der Waals surface area contributed by atoms with Crippen LogP contribution in [0.4, 0.5) is 0 Å². The van der Waals surface area contributed by atoms with Gasteiger partial charge in [0, 0.05) is 12.2 Å². The Hall–Kier alpha value is -1.58. The van der Waals surface area contributed by atoms with Crippen molar-refractivity contribution in [1.82, 2.24) is 0 Å². The van der Waals surface area contributed by atoms with Crippen LogP contribution in [-0.4, -0.2) is 25.2 Å². The van der Waals surface area contributed by atoms with E-state index in [4.69, 9.17) is 9.47 Å². The van der Waals surface area contributed by atoms with Crippen molar-refractivity contribution in [2.45, 2.75) is 33.6 Å². The Morgan fingerprint density at radius 1 is 1.06 bits per heavy atom. The third-order valence-corrected chi connectivity index (χ3v) is 1.85. The van der Waals surface area contributed by atoms with E-state index in [1.807, 2.05) is 32.9 Å². The highest BCUT2D eigenvalue weighted by molar-refractivity contribution is 5.91. The van der Waals surface area contributed by atoms with Gasteiger partial charge in [-0.3, -0.25) is 0 Å². The van der Waals surface area contributed by atoms with E-state index in [0.29, 0.717) is 19.6 Å². The Kier molecular flexibility index (Phi) is 9.64. The molecule has 4 heteroatoms. The number of carbonyl (C=O) groups is 2. The molecular formula is C14H22O4. The van der Waals surface area contributed by atoms with Gasteiger partial charge in [0.05, 0.1) is 13.2 Å². The highest BCUT2D eigenvalue weighted by Crippen LogP contribution is 1.94. The molecule has 0 spiro atoms. The molecule has 0 heterocycles. The fourth-order valence-electron chi connectivity index (χ4n) is 0.993. The lowest BCUT2D eigenvalue weighted by Gasteiger charge is -2.03. The quantitative estimate of drug-likeness (QED) is 0.289. The summed E-state index contributed by atoms with van der Waals surface area (Å²) in [6.07, 6.45) is 7.79. The average molecular weight is 254 g/mol. The van der Waals surface area contributed by atoms with Crippen LogP contribution in [0.25, 0.3) is 0 Å². The summed E-state index contributed by atoms with van der Waals surface area (Å²) in [5.41, 5.74) is 0. The molecule has 0 aliphatic rings. The molecular weight excluding hydrogens is 232 g/mol. The normalized spacial score (nSPS) is 11.3. The zero-order valence-electron chi connectivity index (χ0n) is 11.3. The van der Waals surface area contributed by atoms with Gasteiger partial charge in [-0.1, -0.05) is 32.9 Å². The molecule has 0 N–H and O–H groups in total. The molecule has 0 saturated heterocycles. The Labute approximate surface area is 109 Å². The van der Waals surface area contributed by atoms with Gasteiger partial charge in [-0.05, 0) is 18.8 Å². The topological polar surface area (TPSA) is 52.6 Å². The first-order chi connectivity index (χ1) is 8.56. The van der Waals surface area contributed by atoms with Crippen LogP contribution in [0, 0.1) is 5.92 Å². The van der Waals surface area contributed by atoms with Crippen molar-refractivity contribution in [2.75, 3.05) is 13.2 Å². The maximum atomic E-state index is 11.2. The molecule has 0 rings (SSSR count). The van der Waals surface area contributed by atoms with Crippen molar-refractivity contribution in [3.63, 3.8) is 0 Å². The number of rotatable bonds is 8. The smallest absolute Gasteiger partial charge is 0.331 e. The summed E-state index contributed by atoms with van der Waals surface area (Å²) in [5, 5.41) is 0. The summed E-state index contributed by atoms with van der Waals surface area (Å²) in [6, 6.07) is 0. The lowest BCUT2D eigenvalue weighted by Crippen LogP contribution is -2.08. The van der Waals surface area contributed by atoms with Crippen LogP contribution < -0.4 is 0 Å². The minimum atomic E-state index is -0.526. The number of carbonyl (C=O) groups excluding carboxylic acids is 2. The second kappa shape index (κ2) is 10.6. The first-order valence-electron chi connectivity index (χ1n) is 6.22.